The molecule has 2 amide bonds. The number of nitrogens with one attached hydrogen (secondary N) is 2. The van der Waals surface area contributed by atoms with Crippen LogP contribution in [0.5, 0.6) is 0 Å². The van der Waals surface area contributed by atoms with Crippen LogP contribution in [0.25, 0.3) is 0 Å². The first-order chi connectivity index (χ1) is 6.20. The van der Waals surface area contributed by atoms with Crippen LogP contribution in [0.2, 0.25) is 0 Å². The fourth-order valence-electron chi connectivity index (χ4n) is 0.693. The first-order valence-electron chi connectivity index (χ1n) is 4.30. The van der Waals surface area contributed by atoms with Gasteiger partial charge >= 0.3 is 0 Å². The van der Waals surface area contributed by atoms with Crippen molar-refractivity contribution in [1.29, 1.82) is 0 Å². The lowest BCUT2D eigenvalue weighted by atomic mass is 10.3. The largest absolute Gasteiger partial charge is 0.355 e. The molecule has 0 bridgehead atoms. The van der Waals surface area contributed by atoms with E-state index >= 15 is 0 Å². The molecule has 0 radical (unpaired) electrons. The van der Waals surface area contributed by atoms with Gasteiger partial charge in [-0.1, -0.05) is 29.3 Å². The minimum absolute atomic E-state index is 0.0636. The van der Waals surface area contributed by atoms with Crippen LogP contribution in [0.1, 0.15) is 19.8 Å². The zero-order chi connectivity index (χ0) is 10.1. The molecule has 5 heteroatoms. The van der Waals surface area contributed by atoms with Crippen LogP contribution in [0.4, 0.5) is 0 Å². The molecule has 13 heavy (non-hydrogen) atoms. The van der Waals surface area contributed by atoms with Crippen molar-refractivity contribution in [2.24, 2.45) is 0 Å². The van der Waals surface area contributed by atoms with Crippen LogP contribution in [-0.2, 0) is 9.59 Å². The number of alkyl halides is 1. The highest BCUT2D eigenvalue weighted by molar-refractivity contribution is 9.09. The zero-order valence-corrected chi connectivity index (χ0v) is 9.32. The molecule has 0 unspecified atom stereocenters. The summed E-state index contributed by atoms with van der Waals surface area (Å²) >= 11 is 2.98. The molecule has 0 fully saturated rings. The molecular formula is C8H15BrN2O2. The van der Waals surface area contributed by atoms with Gasteiger partial charge in [-0.2, -0.15) is 0 Å². The number of rotatable bonds is 6. The Hall–Kier alpha value is -0.580. The van der Waals surface area contributed by atoms with E-state index in [0.717, 1.165) is 12.8 Å². The summed E-state index contributed by atoms with van der Waals surface area (Å²) in [7, 11) is 0. The molecule has 0 aromatic heterocycles. The predicted molar refractivity (Wildman–Crippen MR) is 54.7 cm³/mol. The van der Waals surface area contributed by atoms with E-state index in [1.807, 2.05) is 0 Å². The smallest absolute Gasteiger partial charge is 0.239 e. The summed E-state index contributed by atoms with van der Waals surface area (Å²) in [4.78, 5) is 21.7. The SMILES string of the molecule is CCCCNC(=O)CNC(=O)CBr. The average molecular weight is 251 g/mol. The molecule has 0 aromatic carbocycles. The van der Waals surface area contributed by atoms with Gasteiger partial charge in [-0.15, -0.1) is 0 Å². The third-order valence-electron chi connectivity index (χ3n) is 1.42. The third kappa shape index (κ3) is 7.77. The van der Waals surface area contributed by atoms with E-state index in [0.29, 0.717) is 6.54 Å². The van der Waals surface area contributed by atoms with Crippen LogP contribution >= 0.6 is 15.9 Å². The second-order valence-electron chi connectivity index (χ2n) is 2.61. The number of hydrogen-bond acceptors (Lipinski definition) is 2. The molecule has 0 heterocycles. The molecule has 0 atom stereocenters. The normalized spacial score (nSPS) is 9.38. The van der Waals surface area contributed by atoms with E-state index in [1.54, 1.807) is 0 Å². The minimum atomic E-state index is -0.175. The van der Waals surface area contributed by atoms with E-state index < -0.39 is 0 Å². The van der Waals surface area contributed by atoms with E-state index in [9.17, 15) is 9.59 Å². The molecule has 4 nitrogen and oxygen atoms in total. The Morgan fingerprint density at radius 2 is 1.92 bits per heavy atom. The fraction of sp³-hybridized carbons (Fsp3) is 0.750. The lowest BCUT2D eigenvalue weighted by Crippen LogP contribution is -2.37. The van der Waals surface area contributed by atoms with Gasteiger partial charge in [0.1, 0.15) is 0 Å². The first-order valence-corrected chi connectivity index (χ1v) is 5.42. The van der Waals surface area contributed by atoms with Crippen molar-refractivity contribution in [3.8, 4) is 0 Å². The second kappa shape index (κ2) is 8.04. The van der Waals surface area contributed by atoms with Crippen LogP contribution in [0.15, 0.2) is 0 Å². The maximum atomic E-state index is 11.0. The Morgan fingerprint density at radius 3 is 2.46 bits per heavy atom. The quantitative estimate of drug-likeness (QED) is 0.530. The topological polar surface area (TPSA) is 58.2 Å². The summed E-state index contributed by atoms with van der Waals surface area (Å²) in [5.74, 6) is -0.312. The van der Waals surface area contributed by atoms with E-state index in [1.165, 1.54) is 0 Å². The Labute approximate surface area is 86.6 Å². The molecule has 0 saturated heterocycles. The van der Waals surface area contributed by atoms with E-state index in [4.69, 9.17) is 0 Å². The molecular weight excluding hydrogens is 236 g/mol. The molecule has 0 spiro atoms. The van der Waals surface area contributed by atoms with Gasteiger partial charge in [-0.3, -0.25) is 9.59 Å². The summed E-state index contributed by atoms with van der Waals surface area (Å²) in [5, 5.41) is 5.39. The van der Waals surface area contributed by atoms with Crippen molar-refractivity contribution < 1.29 is 9.59 Å². The summed E-state index contributed by atoms with van der Waals surface area (Å²) < 4.78 is 0. The van der Waals surface area contributed by atoms with Crippen molar-refractivity contribution in [3.05, 3.63) is 0 Å². The summed E-state index contributed by atoms with van der Waals surface area (Å²) in [6.45, 7) is 2.80. The van der Waals surface area contributed by atoms with Gasteiger partial charge in [-0.25, -0.2) is 0 Å². The van der Waals surface area contributed by atoms with Gasteiger partial charge in [0.05, 0.1) is 11.9 Å². The number of amides is 2. The molecule has 0 aliphatic carbocycles. The van der Waals surface area contributed by atoms with E-state index in [-0.39, 0.29) is 23.7 Å². The highest BCUT2D eigenvalue weighted by atomic mass is 79.9. The van der Waals surface area contributed by atoms with Gasteiger partial charge in [0.2, 0.25) is 11.8 Å². The van der Waals surface area contributed by atoms with Crippen molar-refractivity contribution in [2.45, 2.75) is 19.8 Å². The van der Waals surface area contributed by atoms with Crippen molar-refractivity contribution in [1.82, 2.24) is 10.6 Å². The number of carbonyl (C=O) groups excluding carboxylic acids is 2. The highest BCUT2D eigenvalue weighted by Gasteiger charge is 2.02. The van der Waals surface area contributed by atoms with Gasteiger partial charge in [0.15, 0.2) is 0 Å². The van der Waals surface area contributed by atoms with Gasteiger partial charge in [0.25, 0.3) is 0 Å². The van der Waals surface area contributed by atoms with Crippen molar-refractivity contribution >= 4 is 27.7 Å². The molecule has 2 N–H and O–H groups in total. The Balaban J connectivity index is 3.35. The number of halogens is 1. The molecule has 0 saturated carbocycles. The zero-order valence-electron chi connectivity index (χ0n) is 7.73. The maximum Gasteiger partial charge on any atom is 0.239 e. The van der Waals surface area contributed by atoms with Crippen molar-refractivity contribution in [2.75, 3.05) is 18.4 Å². The number of hydrogen-bond donors (Lipinski definition) is 2. The Kier molecular flexibility index (Phi) is 7.68. The highest BCUT2D eigenvalue weighted by Crippen LogP contribution is 1.82. The van der Waals surface area contributed by atoms with Crippen molar-refractivity contribution in [3.63, 3.8) is 0 Å². The molecule has 0 aromatic rings. The third-order valence-corrected chi connectivity index (χ3v) is 1.93. The summed E-state index contributed by atoms with van der Waals surface area (Å²) in [6.07, 6.45) is 2.02. The number of unbranched alkanes of at least 4 members (excludes halogenated alkanes) is 1. The van der Waals surface area contributed by atoms with Crippen LogP contribution in [0.3, 0.4) is 0 Å². The fourth-order valence-corrected chi connectivity index (χ4v) is 0.891. The predicted octanol–water partition coefficient (Wildman–Crippen LogP) is 0.414. The maximum absolute atomic E-state index is 11.0. The lowest BCUT2D eigenvalue weighted by Gasteiger charge is -2.04. The molecule has 76 valence electrons. The molecule has 0 rings (SSSR count). The standard InChI is InChI=1S/C8H15BrN2O2/c1-2-3-4-10-8(13)6-11-7(12)5-9/h2-6H2,1H3,(H,10,13)(H,11,12). The van der Waals surface area contributed by atoms with E-state index in [2.05, 4.69) is 33.5 Å². The van der Waals surface area contributed by atoms with Gasteiger partial charge < -0.3 is 10.6 Å². The Bertz CT molecular complexity index is 174. The van der Waals surface area contributed by atoms with Gasteiger partial charge in [0, 0.05) is 6.54 Å². The summed E-state index contributed by atoms with van der Waals surface area (Å²) in [5.41, 5.74) is 0. The molecule has 0 aliphatic rings. The van der Waals surface area contributed by atoms with Crippen LogP contribution in [0, 0.1) is 0 Å². The number of carbonyl (C=O) groups is 2. The average Bonchev–Trinajstić information content (AvgIpc) is 2.14. The molecule has 0 aliphatic heterocycles. The second-order valence-corrected chi connectivity index (χ2v) is 3.17. The van der Waals surface area contributed by atoms with Crippen LogP contribution < -0.4 is 10.6 Å². The lowest BCUT2D eigenvalue weighted by molar-refractivity contribution is -0.124. The van der Waals surface area contributed by atoms with Crippen LogP contribution in [-0.4, -0.2) is 30.2 Å². The minimum Gasteiger partial charge on any atom is -0.355 e. The monoisotopic (exact) mass is 250 g/mol. The Morgan fingerprint density at radius 1 is 1.23 bits per heavy atom. The summed E-state index contributed by atoms with van der Waals surface area (Å²) in [6, 6.07) is 0. The first kappa shape index (κ1) is 12.4. The van der Waals surface area contributed by atoms with Gasteiger partial charge in [-0.05, 0) is 6.42 Å².